The Morgan fingerprint density at radius 1 is 0.865 bits per heavy atom. The molecular weight excluding hydrogens is 476 g/mol. The molecule has 208 valence electrons. The zero-order chi connectivity index (χ0) is 27.0. The first-order chi connectivity index (χ1) is 17.5. The first-order valence-corrected chi connectivity index (χ1v) is 13.8. The van der Waals surface area contributed by atoms with Crippen LogP contribution in [0, 0.1) is 35.5 Å². The van der Waals surface area contributed by atoms with E-state index in [-0.39, 0.29) is 30.5 Å². The molecule has 6 bridgehead atoms. The molecule has 7 fully saturated rings. The molecule has 8 heteroatoms. The quantitative estimate of drug-likeness (QED) is 0.321. The number of fused-ring (bicyclic) bond motifs is 5. The molecule has 0 aromatic rings. The monoisotopic (exact) mass is 520 g/mol. The number of rotatable bonds is 5. The summed E-state index contributed by atoms with van der Waals surface area (Å²) in [6, 6.07) is 0. The zero-order valence-electron chi connectivity index (χ0n) is 22.1. The molecule has 7 atom stereocenters. The Morgan fingerprint density at radius 3 is 2.00 bits per heavy atom. The van der Waals surface area contributed by atoms with Gasteiger partial charge in [-0.2, -0.15) is 0 Å². The fourth-order valence-electron chi connectivity index (χ4n) is 8.82. The first-order valence-electron chi connectivity index (χ1n) is 13.8. The highest BCUT2D eigenvalue weighted by Gasteiger charge is 2.59. The van der Waals surface area contributed by atoms with Gasteiger partial charge in [0.1, 0.15) is 5.60 Å². The Kier molecular flexibility index (Phi) is 8.53. The van der Waals surface area contributed by atoms with Gasteiger partial charge in [-0.3, -0.25) is 0 Å². The summed E-state index contributed by atoms with van der Waals surface area (Å²) in [7, 11) is 1.24. The van der Waals surface area contributed by atoms with Gasteiger partial charge >= 0.3 is 11.9 Å². The molecule has 7 aliphatic carbocycles. The summed E-state index contributed by atoms with van der Waals surface area (Å²) in [6.45, 7) is 6.01. The van der Waals surface area contributed by atoms with Crippen molar-refractivity contribution >= 4 is 11.9 Å². The van der Waals surface area contributed by atoms with Gasteiger partial charge in [0.05, 0.1) is 43.2 Å². The number of ether oxygens (including phenoxy) is 2. The summed E-state index contributed by atoms with van der Waals surface area (Å²) in [5, 5.41) is 37.3. The standard InChI is InChI=1S/C14H20O4.C10H16O.C5H8O3/c1-9(7-15)12(16)18-14-5-10-2-11(6-14)4-13(17,3-10)8-14;11-10-5-6-4-9(10)8-3-1-2-7(6)8;1-4(3-6)5(7)8-2/h10-11,15,17H,1-8H2;6-11H,1-5H2;6H,1,3H2,2H3. The molecule has 7 unspecified atom stereocenters. The molecule has 0 aliphatic heterocycles. The predicted octanol–water partition coefficient (Wildman–Crippen LogP) is 2.67. The summed E-state index contributed by atoms with van der Waals surface area (Å²) < 4.78 is 9.81. The maximum absolute atomic E-state index is 11.8. The first kappa shape index (κ1) is 28.3. The van der Waals surface area contributed by atoms with E-state index in [1.165, 1.54) is 32.8 Å². The van der Waals surface area contributed by atoms with E-state index in [1.54, 1.807) is 0 Å². The van der Waals surface area contributed by atoms with Gasteiger partial charge in [-0.15, -0.1) is 0 Å². The SMILES string of the molecule is C=C(CO)C(=O)OC.C=C(CO)C(=O)OC12CC3CC(CC(O)(C3)C1)C2.OC1CC2CC1C1CCCC21. The largest absolute Gasteiger partial charge is 0.466 e. The van der Waals surface area contributed by atoms with E-state index in [2.05, 4.69) is 17.9 Å². The average molecular weight is 521 g/mol. The van der Waals surface area contributed by atoms with Crippen molar-refractivity contribution in [3.63, 3.8) is 0 Å². The molecule has 7 rings (SSSR count). The fourth-order valence-corrected chi connectivity index (χ4v) is 8.82. The van der Waals surface area contributed by atoms with Gasteiger partial charge in [0, 0.05) is 6.42 Å². The van der Waals surface area contributed by atoms with Gasteiger partial charge in [0.25, 0.3) is 0 Å². The number of hydrogen-bond donors (Lipinski definition) is 4. The van der Waals surface area contributed by atoms with Crippen molar-refractivity contribution in [1.82, 2.24) is 0 Å². The fraction of sp³-hybridized carbons (Fsp3) is 0.793. The van der Waals surface area contributed by atoms with Gasteiger partial charge < -0.3 is 29.9 Å². The number of hydrogen-bond acceptors (Lipinski definition) is 8. The number of esters is 2. The minimum Gasteiger partial charge on any atom is -0.466 e. The lowest BCUT2D eigenvalue weighted by atomic mass is 9.52. The Bertz CT molecular complexity index is 868. The van der Waals surface area contributed by atoms with E-state index in [1.807, 2.05) is 0 Å². The topological polar surface area (TPSA) is 134 Å². The predicted molar refractivity (Wildman–Crippen MR) is 136 cm³/mol. The van der Waals surface area contributed by atoms with Crippen LogP contribution >= 0.6 is 0 Å². The molecule has 0 saturated heterocycles. The molecule has 7 aliphatic rings. The third-order valence-electron chi connectivity index (χ3n) is 9.82. The van der Waals surface area contributed by atoms with Crippen LogP contribution < -0.4 is 0 Å². The van der Waals surface area contributed by atoms with E-state index in [0.717, 1.165) is 56.3 Å². The van der Waals surface area contributed by atoms with Crippen LogP contribution in [-0.2, 0) is 19.1 Å². The molecule has 0 radical (unpaired) electrons. The zero-order valence-corrected chi connectivity index (χ0v) is 22.1. The smallest absolute Gasteiger partial charge is 0.336 e. The van der Waals surface area contributed by atoms with Crippen molar-refractivity contribution in [2.75, 3.05) is 20.3 Å². The molecule has 0 heterocycles. The van der Waals surface area contributed by atoms with E-state index in [9.17, 15) is 19.8 Å². The Hall–Kier alpha value is -1.74. The summed E-state index contributed by atoms with van der Waals surface area (Å²) in [4.78, 5) is 22.1. The number of methoxy groups -OCH3 is 1. The van der Waals surface area contributed by atoms with Gasteiger partial charge in [0.15, 0.2) is 0 Å². The van der Waals surface area contributed by atoms with Crippen LogP contribution in [0.15, 0.2) is 24.3 Å². The minimum atomic E-state index is -0.634. The highest BCUT2D eigenvalue weighted by atomic mass is 16.6. The van der Waals surface area contributed by atoms with Crippen LogP contribution in [0.4, 0.5) is 0 Å². The van der Waals surface area contributed by atoms with Crippen molar-refractivity contribution < 1.29 is 39.5 Å². The van der Waals surface area contributed by atoms with Gasteiger partial charge in [-0.25, -0.2) is 9.59 Å². The number of aliphatic hydroxyl groups is 4. The van der Waals surface area contributed by atoms with E-state index >= 15 is 0 Å². The normalized spacial score (nSPS) is 41.6. The second-order valence-electron chi connectivity index (χ2n) is 12.5. The van der Waals surface area contributed by atoms with Crippen LogP contribution in [0.25, 0.3) is 0 Å². The highest BCUT2D eigenvalue weighted by molar-refractivity contribution is 5.88. The van der Waals surface area contributed by atoms with Gasteiger partial charge in [0.2, 0.25) is 0 Å². The molecule has 0 amide bonds. The third kappa shape index (κ3) is 5.97. The molecule has 7 saturated carbocycles. The van der Waals surface area contributed by atoms with Crippen molar-refractivity contribution in [3.05, 3.63) is 24.3 Å². The summed E-state index contributed by atoms with van der Waals surface area (Å²) in [5.41, 5.74) is -0.968. The average Bonchev–Trinajstić information content (AvgIpc) is 3.55. The third-order valence-corrected chi connectivity index (χ3v) is 9.82. The Morgan fingerprint density at radius 2 is 1.46 bits per heavy atom. The summed E-state index contributed by atoms with van der Waals surface area (Å²) in [6.07, 6.45) is 12.0. The van der Waals surface area contributed by atoms with Crippen LogP contribution in [0.2, 0.25) is 0 Å². The molecule has 0 aromatic heterocycles. The molecule has 37 heavy (non-hydrogen) atoms. The van der Waals surface area contributed by atoms with Gasteiger partial charge in [-0.05, 0) is 93.3 Å². The van der Waals surface area contributed by atoms with Crippen molar-refractivity contribution in [1.29, 1.82) is 0 Å². The Balaban J connectivity index is 0.000000144. The number of carbonyl (C=O) groups excluding carboxylic acids is 2. The molecule has 4 N–H and O–H groups in total. The van der Waals surface area contributed by atoms with Crippen LogP contribution in [-0.4, -0.2) is 70.0 Å². The number of aliphatic hydroxyl groups excluding tert-OH is 3. The molecule has 0 aromatic carbocycles. The maximum atomic E-state index is 11.8. The number of carbonyl (C=O) groups is 2. The van der Waals surface area contributed by atoms with Crippen LogP contribution in [0.3, 0.4) is 0 Å². The minimum absolute atomic E-state index is 0.0764. The second-order valence-corrected chi connectivity index (χ2v) is 12.5. The summed E-state index contributed by atoms with van der Waals surface area (Å²) in [5.74, 6) is 3.48. The molecular formula is C29H44O8. The van der Waals surface area contributed by atoms with Crippen molar-refractivity contribution in [2.24, 2.45) is 35.5 Å². The lowest BCUT2D eigenvalue weighted by Gasteiger charge is -2.59. The highest BCUT2D eigenvalue weighted by Crippen LogP contribution is 2.59. The molecule has 8 nitrogen and oxygen atoms in total. The molecule has 0 spiro atoms. The van der Waals surface area contributed by atoms with E-state index < -0.39 is 23.1 Å². The second kappa shape index (κ2) is 11.2. The Labute approximate surface area is 219 Å². The maximum Gasteiger partial charge on any atom is 0.336 e. The van der Waals surface area contributed by atoms with Crippen molar-refractivity contribution in [2.45, 2.75) is 87.9 Å². The summed E-state index contributed by atoms with van der Waals surface area (Å²) >= 11 is 0. The van der Waals surface area contributed by atoms with Crippen LogP contribution in [0.1, 0.15) is 70.6 Å². The van der Waals surface area contributed by atoms with E-state index in [4.69, 9.17) is 14.9 Å². The lowest BCUT2D eigenvalue weighted by Crippen LogP contribution is -2.60. The lowest BCUT2D eigenvalue weighted by molar-refractivity contribution is -0.217. The van der Waals surface area contributed by atoms with Crippen molar-refractivity contribution in [3.8, 4) is 0 Å². The van der Waals surface area contributed by atoms with E-state index in [0.29, 0.717) is 24.2 Å². The van der Waals surface area contributed by atoms with Gasteiger partial charge in [-0.1, -0.05) is 19.6 Å². The van der Waals surface area contributed by atoms with Crippen LogP contribution in [0.5, 0.6) is 0 Å².